The molecule has 1 N–H and O–H groups in total. The van der Waals surface area contributed by atoms with Gasteiger partial charge in [-0.25, -0.2) is 9.18 Å². The summed E-state index contributed by atoms with van der Waals surface area (Å²) in [6, 6.07) is 4.18. The largest absolute Gasteiger partial charge is 0.497 e. The maximum Gasteiger partial charge on any atom is 0.342 e. The maximum absolute atomic E-state index is 14.8. The van der Waals surface area contributed by atoms with Crippen molar-refractivity contribution in [1.82, 2.24) is 0 Å². The molecule has 8 nitrogen and oxygen atoms in total. The van der Waals surface area contributed by atoms with E-state index in [0.29, 0.717) is 24.3 Å². The van der Waals surface area contributed by atoms with Gasteiger partial charge >= 0.3 is 5.97 Å². The smallest absolute Gasteiger partial charge is 0.342 e. The molecule has 4 unspecified atom stereocenters. The van der Waals surface area contributed by atoms with Gasteiger partial charge in [-0.1, -0.05) is 51.7 Å². The monoisotopic (exact) mass is 596 g/mol. The Morgan fingerprint density at radius 2 is 1.90 bits per heavy atom. The van der Waals surface area contributed by atoms with Crippen molar-refractivity contribution in [2.45, 2.75) is 96.5 Å². The third kappa shape index (κ3) is 10.8. The molecule has 1 aromatic carbocycles. The molecule has 1 heterocycles. The number of aliphatic hydroxyl groups excluding tert-OH is 1. The van der Waals surface area contributed by atoms with E-state index in [-0.39, 0.29) is 24.0 Å². The van der Waals surface area contributed by atoms with Crippen molar-refractivity contribution in [2.24, 2.45) is 5.92 Å². The van der Waals surface area contributed by atoms with Gasteiger partial charge in [0.1, 0.15) is 34.9 Å². The molecule has 2 rings (SSSR count). The minimum absolute atomic E-state index is 0.0599. The van der Waals surface area contributed by atoms with Crippen molar-refractivity contribution in [1.29, 1.82) is 0 Å². The van der Waals surface area contributed by atoms with Crippen LogP contribution in [0.15, 0.2) is 30.4 Å². The van der Waals surface area contributed by atoms with Crippen LogP contribution in [-0.2, 0) is 18.9 Å². The summed E-state index contributed by atoms with van der Waals surface area (Å²) in [5, 5.41) is 10.9. The van der Waals surface area contributed by atoms with E-state index < -0.39 is 43.8 Å². The summed E-state index contributed by atoms with van der Waals surface area (Å²) in [6.07, 6.45) is 4.45. The van der Waals surface area contributed by atoms with Crippen molar-refractivity contribution in [2.75, 3.05) is 27.6 Å². The second kappa shape index (κ2) is 14.8. The number of hydrogen-bond donors (Lipinski definition) is 1. The lowest BCUT2D eigenvalue weighted by Crippen LogP contribution is -2.34. The van der Waals surface area contributed by atoms with Crippen LogP contribution in [0.5, 0.6) is 11.5 Å². The number of carbonyl (C=O) groups is 1. The van der Waals surface area contributed by atoms with E-state index in [9.17, 15) is 14.3 Å². The lowest BCUT2D eigenvalue weighted by atomic mass is 9.93. The number of allylic oxidation sites excluding steroid dienone is 1. The molecule has 0 amide bonds. The van der Waals surface area contributed by atoms with Gasteiger partial charge in [0.05, 0.1) is 19.8 Å². The highest BCUT2D eigenvalue weighted by molar-refractivity contribution is 6.76. The molecule has 1 fully saturated rings. The molecular formula is C31H49FO8Si. The van der Waals surface area contributed by atoms with Crippen LogP contribution >= 0.6 is 0 Å². The Morgan fingerprint density at radius 1 is 1.22 bits per heavy atom. The first kappa shape index (κ1) is 35.0. The zero-order valence-corrected chi connectivity index (χ0v) is 27.3. The van der Waals surface area contributed by atoms with Gasteiger partial charge in [0.2, 0.25) is 0 Å². The third-order valence-corrected chi connectivity index (χ3v) is 8.64. The Kier molecular flexibility index (Phi) is 12.6. The Bertz CT molecular complexity index is 1060. The zero-order valence-electron chi connectivity index (χ0n) is 26.3. The van der Waals surface area contributed by atoms with Crippen molar-refractivity contribution in [3.8, 4) is 11.5 Å². The molecule has 232 valence electrons. The molecular weight excluding hydrogens is 547 g/mol. The van der Waals surface area contributed by atoms with Crippen molar-refractivity contribution < 1.29 is 42.7 Å². The Hall–Kier alpha value is -2.24. The molecule has 0 aliphatic carbocycles. The van der Waals surface area contributed by atoms with Crippen LogP contribution in [0.4, 0.5) is 4.39 Å². The molecule has 4 atom stereocenters. The van der Waals surface area contributed by atoms with E-state index in [2.05, 4.69) is 19.6 Å². The highest BCUT2D eigenvalue weighted by Gasteiger charge is 2.43. The van der Waals surface area contributed by atoms with E-state index in [1.165, 1.54) is 33.3 Å². The predicted molar refractivity (Wildman–Crippen MR) is 161 cm³/mol. The Balaban J connectivity index is 2.34. The molecule has 1 aromatic rings. The molecule has 1 saturated heterocycles. The predicted octanol–water partition coefficient (Wildman–Crippen LogP) is 6.40. The van der Waals surface area contributed by atoms with Gasteiger partial charge in [0.25, 0.3) is 0 Å². The maximum atomic E-state index is 14.8. The lowest BCUT2D eigenvalue weighted by Gasteiger charge is -2.23. The standard InChI is InChI=1S/C31H49FO8Si/c1-21(2)31(5,32)15-14-24(33)28-25(39-30(3,4)40-28)13-11-12-22-18-23(36-7)19-26(38-20-35-6)27(22)29(34)37-16-17-41(8,9)10/h11-12,14-15,18-19,21,24-25,28,33H,13,16-17,20H2,1-10H3/b12-11+,15-14-. The fourth-order valence-electron chi connectivity index (χ4n) is 4.09. The first-order valence-corrected chi connectivity index (χ1v) is 17.8. The number of aliphatic hydroxyl groups is 1. The highest BCUT2D eigenvalue weighted by atomic mass is 28.3. The number of carbonyl (C=O) groups excluding carboxylic acids is 1. The summed E-state index contributed by atoms with van der Waals surface area (Å²) >= 11 is 0. The number of methoxy groups -OCH3 is 2. The third-order valence-electron chi connectivity index (χ3n) is 6.94. The molecule has 1 aliphatic rings. The second-order valence-corrected chi connectivity index (χ2v) is 18.1. The van der Waals surface area contributed by atoms with Crippen LogP contribution in [0.1, 0.15) is 57.0 Å². The SMILES string of the molecule is COCOc1cc(OC)cc(/C=C/CC2OC(C)(C)OC2C(O)/C=C\C(C)(F)C(C)C)c1C(=O)OCC[Si](C)(C)C. The van der Waals surface area contributed by atoms with Gasteiger partial charge < -0.3 is 33.5 Å². The fraction of sp³-hybridized carbons (Fsp3) is 0.645. The van der Waals surface area contributed by atoms with E-state index in [1.54, 1.807) is 45.9 Å². The molecule has 0 saturated carbocycles. The minimum Gasteiger partial charge on any atom is -0.497 e. The number of hydrogen-bond acceptors (Lipinski definition) is 8. The molecule has 0 bridgehead atoms. The van der Waals surface area contributed by atoms with E-state index >= 15 is 0 Å². The van der Waals surface area contributed by atoms with Crippen LogP contribution in [0.25, 0.3) is 6.08 Å². The average molecular weight is 597 g/mol. The van der Waals surface area contributed by atoms with Gasteiger partial charge in [0.15, 0.2) is 12.6 Å². The van der Waals surface area contributed by atoms with Crippen LogP contribution in [0, 0.1) is 5.92 Å². The van der Waals surface area contributed by atoms with Gasteiger partial charge in [-0.15, -0.1) is 0 Å². The van der Waals surface area contributed by atoms with Crippen LogP contribution in [0.2, 0.25) is 25.7 Å². The van der Waals surface area contributed by atoms with E-state index in [4.69, 9.17) is 28.4 Å². The van der Waals surface area contributed by atoms with Crippen LogP contribution in [0.3, 0.4) is 0 Å². The summed E-state index contributed by atoms with van der Waals surface area (Å²) in [5.74, 6) is -0.912. The summed E-state index contributed by atoms with van der Waals surface area (Å²) in [6.45, 7) is 15.5. The molecule has 0 spiro atoms. The van der Waals surface area contributed by atoms with Gasteiger partial charge in [-0.05, 0) is 56.9 Å². The molecule has 41 heavy (non-hydrogen) atoms. The summed E-state index contributed by atoms with van der Waals surface area (Å²) < 4.78 is 48.7. The van der Waals surface area contributed by atoms with Gasteiger partial charge in [-0.3, -0.25) is 0 Å². The molecule has 0 radical (unpaired) electrons. The number of rotatable bonds is 15. The number of benzene rings is 1. The number of alkyl halides is 1. The van der Waals surface area contributed by atoms with Gasteiger partial charge in [-0.2, -0.15) is 0 Å². The van der Waals surface area contributed by atoms with Crippen molar-refractivity contribution in [3.05, 3.63) is 41.5 Å². The first-order chi connectivity index (χ1) is 19.0. The zero-order chi connectivity index (χ0) is 31.0. The molecule has 0 aromatic heterocycles. The van der Waals surface area contributed by atoms with Gasteiger partial charge in [0, 0.05) is 21.3 Å². The van der Waals surface area contributed by atoms with Crippen LogP contribution < -0.4 is 9.47 Å². The number of esters is 1. The van der Waals surface area contributed by atoms with Crippen LogP contribution in [-0.4, -0.2) is 76.5 Å². The van der Waals surface area contributed by atoms with E-state index in [0.717, 1.165) is 6.04 Å². The number of halogens is 1. The fourth-order valence-corrected chi connectivity index (χ4v) is 4.80. The number of ether oxygens (including phenoxy) is 6. The highest BCUT2D eigenvalue weighted by Crippen LogP contribution is 2.35. The average Bonchev–Trinajstić information content (AvgIpc) is 3.18. The Morgan fingerprint density at radius 3 is 2.49 bits per heavy atom. The molecule has 10 heteroatoms. The van der Waals surface area contributed by atoms with E-state index in [1.807, 2.05) is 6.08 Å². The minimum atomic E-state index is -1.57. The van der Waals surface area contributed by atoms with Crippen molar-refractivity contribution in [3.63, 3.8) is 0 Å². The topological polar surface area (TPSA) is 92.7 Å². The quantitative estimate of drug-likeness (QED) is 0.108. The first-order valence-electron chi connectivity index (χ1n) is 14.1. The normalized spacial score (nSPS) is 21.4. The second-order valence-electron chi connectivity index (χ2n) is 12.5. The molecule has 1 aliphatic heterocycles. The summed E-state index contributed by atoms with van der Waals surface area (Å²) in [5.41, 5.74) is -0.775. The van der Waals surface area contributed by atoms with Crippen molar-refractivity contribution >= 4 is 20.1 Å². The Labute approximate surface area is 245 Å². The summed E-state index contributed by atoms with van der Waals surface area (Å²) in [7, 11) is 1.62. The lowest BCUT2D eigenvalue weighted by molar-refractivity contribution is -0.152. The summed E-state index contributed by atoms with van der Waals surface area (Å²) in [4.78, 5) is 13.3.